The number of allylic oxidation sites excluding steroid dienone is 4. The van der Waals surface area contributed by atoms with Crippen molar-refractivity contribution < 1.29 is 46.3 Å². The molecule has 6 nitrogen and oxygen atoms in total. The predicted octanol–water partition coefficient (Wildman–Crippen LogP) is 5.16. The zero-order valence-corrected chi connectivity index (χ0v) is 20.2. The van der Waals surface area contributed by atoms with Crippen LogP contribution < -0.4 is 0 Å². The third kappa shape index (κ3) is 29.6. The molecular weight excluding hydrogens is 446 g/mol. The van der Waals surface area contributed by atoms with Crippen molar-refractivity contribution in [2.24, 2.45) is 5.92 Å². The van der Waals surface area contributed by atoms with Crippen LogP contribution in [0, 0.1) is 16.5 Å². The molecule has 0 aliphatic heterocycles. The van der Waals surface area contributed by atoms with Gasteiger partial charge in [0.25, 0.3) is 0 Å². The van der Waals surface area contributed by atoms with Gasteiger partial charge in [-0.15, -0.1) is 0 Å². The molecule has 0 bridgehead atoms. The summed E-state index contributed by atoms with van der Waals surface area (Å²) in [5, 5.41) is 0. The van der Waals surface area contributed by atoms with Crippen LogP contribution in [-0.2, 0) is 46.3 Å². The topological polar surface area (TPSA) is 55.4 Å². The van der Waals surface area contributed by atoms with Gasteiger partial charge < -0.3 is 27.1 Å². The van der Waals surface area contributed by atoms with Crippen LogP contribution in [0.5, 0.6) is 0 Å². The average molecular weight is 478 g/mol. The minimum Gasteiger partial charge on any atom is -0.316 e. The van der Waals surface area contributed by atoms with Gasteiger partial charge in [-0.1, -0.05) is 24.3 Å². The molecule has 0 saturated carbocycles. The summed E-state index contributed by atoms with van der Waals surface area (Å²) >= 11 is 1.91. The first kappa shape index (κ1) is 30.3. The van der Waals surface area contributed by atoms with E-state index in [1.807, 2.05) is 49.9 Å². The molecule has 148 valence electrons. The predicted molar refractivity (Wildman–Crippen MR) is 102 cm³/mol. The average Bonchev–Trinajstić information content (AvgIpc) is 3.19. The normalized spacial score (nSPS) is 11.3. The van der Waals surface area contributed by atoms with Crippen molar-refractivity contribution in [3.8, 4) is 4.20 Å². The fourth-order valence-electron chi connectivity index (χ4n) is 0.935. The summed E-state index contributed by atoms with van der Waals surface area (Å²) in [6.07, 6.45) is 11.1. The summed E-state index contributed by atoms with van der Waals surface area (Å²) < 4.78 is 31.1. The fraction of sp³-hybridized carbons (Fsp3) is 0.625. The van der Waals surface area contributed by atoms with Crippen molar-refractivity contribution in [2.45, 2.75) is 20.3 Å². The minimum atomic E-state index is -1.05. The summed E-state index contributed by atoms with van der Waals surface area (Å²) in [5.41, 5.74) is 0. The Morgan fingerprint density at radius 1 is 0.720 bits per heavy atom. The zero-order valence-electron chi connectivity index (χ0n) is 16.4. The van der Waals surface area contributed by atoms with E-state index in [0.717, 1.165) is 12.3 Å². The third-order valence-electron chi connectivity index (χ3n) is 1.94. The third-order valence-corrected chi connectivity index (χ3v) is 4.14. The van der Waals surface area contributed by atoms with Gasteiger partial charge >= 0.3 is 66.7 Å². The Labute approximate surface area is 167 Å². The molecule has 1 radical (unpaired) electrons. The summed E-state index contributed by atoms with van der Waals surface area (Å²) in [5.74, 6) is 0.790. The van der Waals surface area contributed by atoms with Gasteiger partial charge in [0.05, 0.1) is 0 Å². The minimum absolute atomic E-state index is 0.790. The van der Waals surface area contributed by atoms with Crippen LogP contribution in [-0.4, -0.2) is 42.7 Å². The molecule has 0 atom stereocenters. The Morgan fingerprint density at radius 3 is 1.08 bits per heavy atom. The van der Waals surface area contributed by atoms with E-state index in [1.54, 1.807) is 42.7 Å². The van der Waals surface area contributed by atoms with Crippen molar-refractivity contribution in [1.82, 2.24) is 0 Å². The number of rotatable bonds is 7. The molecular formula is C16H32MoO6P2. The van der Waals surface area contributed by atoms with E-state index >= 15 is 0 Å². The Morgan fingerprint density at radius 2 is 1.04 bits per heavy atom. The standard InChI is InChI=1S/C5H5.C5H9.2C3H9O3P.Mo/c1-2-4-5-3-1;1-4-5(2)3;2*1-4-7(5-2)6-3;/h1-5H;5H,4H2,2-3H3;2*1-3H3;. The van der Waals surface area contributed by atoms with E-state index < -0.39 is 17.2 Å². The second-order valence-electron chi connectivity index (χ2n) is 4.25. The Hall–Kier alpha value is 0.568. The van der Waals surface area contributed by atoms with Crippen molar-refractivity contribution in [1.29, 1.82) is 0 Å². The van der Waals surface area contributed by atoms with Crippen LogP contribution >= 0.6 is 17.2 Å². The maximum atomic E-state index is 4.67. The van der Waals surface area contributed by atoms with Gasteiger partial charge in [-0.2, -0.15) is 0 Å². The maximum absolute atomic E-state index is 4.67. The number of hydrogen-bond donors (Lipinski definition) is 0. The van der Waals surface area contributed by atoms with E-state index in [0.29, 0.717) is 0 Å². The molecule has 0 aromatic rings. The summed E-state index contributed by atoms with van der Waals surface area (Å²) in [4.78, 5) is 0. The molecule has 1 aliphatic rings. The van der Waals surface area contributed by atoms with Crippen LogP contribution in [0.1, 0.15) is 20.3 Å². The van der Waals surface area contributed by atoms with E-state index in [-0.39, 0.29) is 0 Å². The molecule has 0 unspecified atom stereocenters. The molecule has 25 heavy (non-hydrogen) atoms. The van der Waals surface area contributed by atoms with Gasteiger partial charge in [0.15, 0.2) is 0 Å². The molecule has 1 aliphatic carbocycles. The molecule has 0 amide bonds. The number of hydrogen-bond acceptors (Lipinski definition) is 6. The van der Waals surface area contributed by atoms with Crippen LogP contribution in [0.25, 0.3) is 0 Å². The first-order valence-electron chi connectivity index (χ1n) is 7.33. The van der Waals surface area contributed by atoms with E-state index in [2.05, 4.69) is 45.2 Å². The fourth-order valence-corrected chi connectivity index (χ4v) is 2.65. The monoisotopic (exact) mass is 480 g/mol. The zero-order chi connectivity index (χ0) is 19.9. The summed E-state index contributed by atoms with van der Waals surface area (Å²) in [6, 6.07) is 0. The SMILES string of the molecule is CC(C)C[C]#[Mo].COP(OC)OC.COP(OC)OC.[CH]1C=CC=C1. The first-order valence-corrected chi connectivity index (χ1v) is 10.5. The molecule has 0 spiro atoms. The second-order valence-corrected chi connectivity index (χ2v) is 8.04. The molecule has 0 aromatic carbocycles. The van der Waals surface area contributed by atoms with Crippen molar-refractivity contribution in [3.05, 3.63) is 30.7 Å². The van der Waals surface area contributed by atoms with E-state index in [1.165, 1.54) is 0 Å². The molecule has 0 N–H and O–H groups in total. The molecule has 0 heterocycles. The van der Waals surface area contributed by atoms with Gasteiger partial charge in [-0.3, -0.25) is 0 Å². The van der Waals surface area contributed by atoms with Crippen molar-refractivity contribution in [2.75, 3.05) is 42.7 Å². The van der Waals surface area contributed by atoms with E-state index in [9.17, 15) is 0 Å². The molecule has 1 rings (SSSR count). The molecule has 9 heteroatoms. The van der Waals surface area contributed by atoms with Crippen molar-refractivity contribution in [3.63, 3.8) is 0 Å². The van der Waals surface area contributed by atoms with Crippen LogP contribution in [0.3, 0.4) is 0 Å². The van der Waals surface area contributed by atoms with Gasteiger partial charge in [0.1, 0.15) is 0 Å². The first-order chi connectivity index (χ1) is 12.0. The van der Waals surface area contributed by atoms with Crippen molar-refractivity contribution >= 4 is 17.2 Å². The van der Waals surface area contributed by atoms with Gasteiger partial charge in [0, 0.05) is 49.1 Å². The van der Waals surface area contributed by atoms with Gasteiger partial charge in [-0.25, -0.2) is 0 Å². The van der Waals surface area contributed by atoms with Crippen LogP contribution in [0.4, 0.5) is 0 Å². The summed E-state index contributed by atoms with van der Waals surface area (Å²) in [6.45, 7) is 4.39. The van der Waals surface area contributed by atoms with E-state index in [4.69, 9.17) is 0 Å². The quantitative estimate of drug-likeness (QED) is 0.372. The molecule has 0 saturated heterocycles. The smallest absolute Gasteiger partial charge is 0.316 e. The van der Waals surface area contributed by atoms with Gasteiger partial charge in [0.2, 0.25) is 0 Å². The van der Waals surface area contributed by atoms with Gasteiger partial charge in [-0.05, 0) is 0 Å². The maximum Gasteiger partial charge on any atom is 0.331 e. The largest absolute Gasteiger partial charge is 0.331 e. The second kappa shape index (κ2) is 26.8. The summed E-state index contributed by atoms with van der Waals surface area (Å²) in [7, 11) is 7.13. The van der Waals surface area contributed by atoms with Crippen LogP contribution in [0.2, 0.25) is 0 Å². The molecule has 0 aromatic heterocycles. The Balaban J connectivity index is -0.000000260. The Bertz CT molecular complexity index is 307. The molecule has 0 fully saturated rings. The van der Waals surface area contributed by atoms with Crippen LogP contribution in [0.15, 0.2) is 24.3 Å². The Kier molecular flexibility index (Phi) is 32.5.